The van der Waals surface area contributed by atoms with Crippen LogP contribution in [-0.4, -0.2) is 0 Å². The molecule has 1 heterocycles. The van der Waals surface area contributed by atoms with Gasteiger partial charge in [0.15, 0.2) is 0 Å². The second-order valence-corrected chi connectivity index (χ2v) is 9.41. The van der Waals surface area contributed by atoms with Gasteiger partial charge in [0.05, 0.1) is 0 Å². The van der Waals surface area contributed by atoms with Gasteiger partial charge in [0.1, 0.15) is 36.2 Å². The van der Waals surface area contributed by atoms with Gasteiger partial charge in [0, 0.05) is 17.0 Å². The second-order valence-electron chi connectivity index (χ2n) is 9.41. The molecule has 1 unspecified atom stereocenters. The van der Waals surface area contributed by atoms with E-state index in [4.69, 9.17) is 14.2 Å². The first-order valence-corrected chi connectivity index (χ1v) is 12.4. The van der Waals surface area contributed by atoms with Gasteiger partial charge in [0.2, 0.25) is 0 Å². The predicted molar refractivity (Wildman–Crippen MR) is 143 cm³/mol. The Balaban J connectivity index is 1.22. The lowest BCUT2D eigenvalue weighted by molar-refractivity contribution is 0.305. The summed E-state index contributed by atoms with van der Waals surface area (Å²) >= 11 is 0. The third kappa shape index (κ3) is 4.65. The quantitative estimate of drug-likeness (QED) is 0.254. The Labute approximate surface area is 212 Å². The van der Waals surface area contributed by atoms with Crippen molar-refractivity contribution >= 4 is 5.76 Å². The van der Waals surface area contributed by atoms with Crippen molar-refractivity contribution in [3.8, 4) is 17.2 Å². The van der Waals surface area contributed by atoms with Crippen molar-refractivity contribution in [2.24, 2.45) is 0 Å². The topological polar surface area (TPSA) is 27.7 Å². The highest BCUT2D eigenvalue weighted by Gasteiger charge is 2.35. The van der Waals surface area contributed by atoms with E-state index in [0.29, 0.717) is 13.2 Å². The maximum absolute atomic E-state index is 6.51. The zero-order chi connectivity index (χ0) is 24.3. The van der Waals surface area contributed by atoms with E-state index in [9.17, 15) is 0 Å². The van der Waals surface area contributed by atoms with Crippen molar-refractivity contribution in [1.29, 1.82) is 0 Å². The van der Waals surface area contributed by atoms with Crippen LogP contribution < -0.4 is 14.2 Å². The summed E-state index contributed by atoms with van der Waals surface area (Å²) in [5, 5.41) is 0. The summed E-state index contributed by atoms with van der Waals surface area (Å²) in [6.45, 7) is 5.40. The molecule has 1 aliphatic heterocycles. The molecule has 3 nitrogen and oxygen atoms in total. The average molecular weight is 473 g/mol. The van der Waals surface area contributed by atoms with Crippen LogP contribution in [0.15, 0.2) is 121 Å². The molecule has 3 heteroatoms. The third-order valence-corrected chi connectivity index (χ3v) is 6.83. The molecule has 2 aliphatic rings. The second kappa shape index (κ2) is 9.79. The Kier molecular flexibility index (Phi) is 6.05. The Morgan fingerprint density at radius 3 is 2.00 bits per heavy atom. The van der Waals surface area contributed by atoms with Gasteiger partial charge in [0.25, 0.3) is 0 Å². The van der Waals surface area contributed by atoms with Crippen LogP contribution >= 0.6 is 0 Å². The minimum atomic E-state index is 0.269. The summed E-state index contributed by atoms with van der Waals surface area (Å²) in [7, 11) is 0. The molecule has 1 atom stereocenters. The van der Waals surface area contributed by atoms with E-state index in [1.165, 1.54) is 16.7 Å². The van der Waals surface area contributed by atoms with E-state index in [1.54, 1.807) is 0 Å². The standard InChI is InChI=1S/C33H28O3/c1-23-18-29-30-20-28(35-22-25-10-6-3-7-11-25)16-17-32(30)36-33(31(29)19-23)26-12-14-27(15-13-26)34-21-24-8-4-2-5-9-24/h2-17,20,29H,1,18-19,21-22H2. The van der Waals surface area contributed by atoms with E-state index >= 15 is 0 Å². The van der Waals surface area contributed by atoms with Gasteiger partial charge in [-0.1, -0.05) is 72.8 Å². The number of allylic oxidation sites excluding steroid dienone is 2. The van der Waals surface area contributed by atoms with E-state index in [-0.39, 0.29) is 5.92 Å². The highest BCUT2D eigenvalue weighted by Crippen LogP contribution is 2.52. The summed E-state index contributed by atoms with van der Waals surface area (Å²) in [5.74, 6) is 3.81. The molecule has 0 N–H and O–H groups in total. The molecule has 0 bridgehead atoms. The summed E-state index contributed by atoms with van der Waals surface area (Å²) in [5.41, 5.74) is 7.08. The Hall–Kier alpha value is -4.24. The van der Waals surface area contributed by atoms with Crippen molar-refractivity contribution in [2.75, 3.05) is 0 Å². The highest BCUT2D eigenvalue weighted by atomic mass is 16.5. The van der Waals surface area contributed by atoms with Crippen LogP contribution in [0.1, 0.15) is 41.0 Å². The fourth-order valence-electron chi connectivity index (χ4n) is 5.00. The first-order valence-electron chi connectivity index (χ1n) is 12.4. The normalized spacial score (nSPS) is 16.2. The molecule has 36 heavy (non-hydrogen) atoms. The molecule has 0 radical (unpaired) electrons. The van der Waals surface area contributed by atoms with E-state index in [1.807, 2.05) is 60.7 Å². The summed E-state index contributed by atoms with van der Waals surface area (Å²) in [4.78, 5) is 0. The van der Waals surface area contributed by atoms with Crippen LogP contribution in [0.3, 0.4) is 0 Å². The molecule has 4 aromatic rings. The minimum absolute atomic E-state index is 0.269. The maximum atomic E-state index is 6.51. The van der Waals surface area contributed by atoms with Gasteiger partial charge in [-0.15, -0.1) is 0 Å². The number of hydrogen-bond acceptors (Lipinski definition) is 3. The predicted octanol–water partition coefficient (Wildman–Crippen LogP) is 8.08. The number of rotatable bonds is 7. The summed E-state index contributed by atoms with van der Waals surface area (Å²) in [6.07, 6.45) is 1.80. The van der Waals surface area contributed by atoms with Gasteiger partial charge in [-0.05, 0) is 72.0 Å². The Bertz CT molecular complexity index is 1400. The Morgan fingerprint density at radius 1 is 0.722 bits per heavy atom. The molecule has 6 rings (SSSR count). The average Bonchev–Trinajstić information content (AvgIpc) is 3.33. The number of ether oxygens (including phenoxy) is 3. The lowest BCUT2D eigenvalue weighted by atomic mass is 9.88. The van der Waals surface area contributed by atoms with E-state index in [2.05, 4.69) is 49.0 Å². The molecule has 4 aromatic carbocycles. The highest BCUT2D eigenvalue weighted by molar-refractivity contribution is 5.73. The van der Waals surface area contributed by atoms with Gasteiger partial charge in [-0.25, -0.2) is 0 Å². The molecule has 178 valence electrons. The monoisotopic (exact) mass is 472 g/mol. The number of benzene rings is 4. The number of fused-ring (bicyclic) bond motifs is 3. The van der Waals surface area contributed by atoms with E-state index < -0.39 is 0 Å². The third-order valence-electron chi connectivity index (χ3n) is 6.83. The fourth-order valence-corrected chi connectivity index (χ4v) is 5.00. The van der Waals surface area contributed by atoms with Crippen LogP contribution in [0, 0.1) is 0 Å². The van der Waals surface area contributed by atoms with Crippen molar-refractivity contribution in [2.45, 2.75) is 32.0 Å². The molecule has 0 spiro atoms. The van der Waals surface area contributed by atoms with Gasteiger partial charge >= 0.3 is 0 Å². The molecule has 1 fully saturated rings. The summed E-state index contributed by atoms with van der Waals surface area (Å²) in [6, 6.07) is 34.8. The lowest BCUT2D eigenvalue weighted by Gasteiger charge is -2.27. The van der Waals surface area contributed by atoms with Crippen LogP contribution in [0.2, 0.25) is 0 Å². The minimum Gasteiger partial charge on any atom is -0.489 e. The molecule has 1 aliphatic carbocycles. The summed E-state index contributed by atoms with van der Waals surface area (Å²) < 4.78 is 18.6. The SMILES string of the molecule is C=C1CC2=C(c3ccc(OCc4ccccc4)cc3)Oc3ccc(OCc4ccccc4)cc3C2C1. The zero-order valence-electron chi connectivity index (χ0n) is 20.2. The van der Waals surface area contributed by atoms with Gasteiger partial charge in [-0.3, -0.25) is 0 Å². The first-order chi connectivity index (χ1) is 17.7. The molecular weight excluding hydrogens is 444 g/mol. The number of hydrogen-bond donors (Lipinski definition) is 0. The lowest BCUT2D eigenvalue weighted by Crippen LogP contribution is -2.12. The van der Waals surface area contributed by atoms with Crippen LogP contribution in [0.4, 0.5) is 0 Å². The van der Waals surface area contributed by atoms with Gasteiger partial charge in [-0.2, -0.15) is 0 Å². The van der Waals surface area contributed by atoms with Crippen LogP contribution in [0.5, 0.6) is 17.2 Å². The maximum Gasteiger partial charge on any atom is 0.134 e. The molecule has 0 saturated heterocycles. The molecule has 1 saturated carbocycles. The van der Waals surface area contributed by atoms with Gasteiger partial charge < -0.3 is 14.2 Å². The van der Waals surface area contributed by atoms with Crippen LogP contribution in [-0.2, 0) is 13.2 Å². The molecule has 0 aromatic heterocycles. The Morgan fingerprint density at radius 2 is 1.33 bits per heavy atom. The molecule has 0 amide bonds. The van der Waals surface area contributed by atoms with Crippen molar-refractivity contribution in [3.05, 3.63) is 143 Å². The fraction of sp³-hybridized carbons (Fsp3) is 0.152. The smallest absolute Gasteiger partial charge is 0.134 e. The van der Waals surface area contributed by atoms with Crippen molar-refractivity contribution < 1.29 is 14.2 Å². The first kappa shape index (κ1) is 22.2. The largest absolute Gasteiger partial charge is 0.489 e. The van der Waals surface area contributed by atoms with Crippen molar-refractivity contribution in [3.63, 3.8) is 0 Å². The van der Waals surface area contributed by atoms with Crippen LogP contribution in [0.25, 0.3) is 5.76 Å². The molecular formula is C33H28O3. The zero-order valence-corrected chi connectivity index (χ0v) is 20.2. The van der Waals surface area contributed by atoms with E-state index in [0.717, 1.165) is 52.5 Å². The van der Waals surface area contributed by atoms with Crippen molar-refractivity contribution in [1.82, 2.24) is 0 Å².